The summed E-state index contributed by atoms with van der Waals surface area (Å²) in [6.07, 6.45) is 0.882. The van der Waals surface area contributed by atoms with E-state index >= 15 is 0 Å². The Labute approximate surface area is 214 Å². The summed E-state index contributed by atoms with van der Waals surface area (Å²) in [6.45, 7) is 5.21. The van der Waals surface area contributed by atoms with E-state index in [9.17, 15) is 4.79 Å². The minimum Gasteiger partial charge on any atom is -0.494 e. The molecular weight excluding hydrogens is 464 g/mol. The molecule has 5 aromatic rings. The van der Waals surface area contributed by atoms with Crippen LogP contribution in [-0.2, 0) is 13.0 Å². The molecule has 0 saturated carbocycles. The molecule has 6 rings (SSSR count). The third kappa shape index (κ3) is 4.24. The lowest BCUT2D eigenvalue weighted by Crippen LogP contribution is -2.38. The van der Waals surface area contributed by atoms with Crippen molar-refractivity contribution in [3.63, 3.8) is 0 Å². The number of para-hydroxylation sites is 1. The van der Waals surface area contributed by atoms with Crippen molar-refractivity contribution < 1.29 is 4.74 Å². The number of nitrogens with zero attached hydrogens (tertiary/aromatic N) is 5. The van der Waals surface area contributed by atoms with E-state index in [1.54, 1.807) is 4.68 Å². The van der Waals surface area contributed by atoms with Gasteiger partial charge in [-0.05, 0) is 72.2 Å². The second-order valence-electron chi connectivity index (χ2n) is 9.41. The van der Waals surface area contributed by atoms with Crippen molar-refractivity contribution in [1.82, 2.24) is 25.2 Å². The molecule has 2 aromatic heterocycles. The van der Waals surface area contributed by atoms with Gasteiger partial charge in [0.15, 0.2) is 5.82 Å². The number of anilines is 1. The Balaban J connectivity index is 1.54. The average Bonchev–Trinajstić information content (AvgIpc) is 3.49. The number of benzene rings is 3. The zero-order valence-corrected chi connectivity index (χ0v) is 20.8. The summed E-state index contributed by atoms with van der Waals surface area (Å²) in [5, 5.41) is 13.8. The molecule has 37 heavy (non-hydrogen) atoms. The van der Waals surface area contributed by atoms with Gasteiger partial charge in [0.1, 0.15) is 11.8 Å². The predicted octanol–water partition coefficient (Wildman–Crippen LogP) is 4.50. The maximum Gasteiger partial charge on any atom is 0.254 e. The summed E-state index contributed by atoms with van der Waals surface area (Å²) >= 11 is 0. The number of hydrogen-bond donors (Lipinski definition) is 1. The molecule has 1 N–H and O–H groups in total. The van der Waals surface area contributed by atoms with Crippen molar-refractivity contribution in [2.45, 2.75) is 38.9 Å². The van der Waals surface area contributed by atoms with Gasteiger partial charge in [0.05, 0.1) is 13.2 Å². The number of pyridine rings is 1. The molecule has 0 aliphatic carbocycles. The zero-order chi connectivity index (χ0) is 25.4. The first kappa shape index (κ1) is 23.0. The van der Waals surface area contributed by atoms with Crippen LogP contribution in [0.15, 0.2) is 83.7 Å². The maximum absolute atomic E-state index is 13.6. The number of aromatic nitrogens is 5. The third-order valence-corrected chi connectivity index (χ3v) is 6.97. The highest BCUT2D eigenvalue weighted by Crippen LogP contribution is 2.40. The topological polar surface area (TPSA) is 88.9 Å². The Bertz CT molecular complexity index is 1610. The van der Waals surface area contributed by atoms with Crippen molar-refractivity contribution >= 4 is 16.6 Å². The quantitative estimate of drug-likeness (QED) is 0.360. The number of rotatable bonds is 7. The molecule has 0 spiro atoms. The number of H-pyrrole nitrogens is 1. The van der Waals surface area contributed by atoms with E-state index in [1.165, 1.54) is 5.56 Å². The van der Waals surface area contributed by atoms with Crippen LogP contribution < -0.4 is 15.2 Å². The lowest BCUT2D eigenvalue weighted by atomic mass is 10.0. The van der Waals surface area contributed by atoms with Crippen LogP contribution >= 0.6 is 0 Å². The minimum atomic E-state index is -0.485. The molecule has 1 aliphatic heterocycles. The first-order valence-electron chi connectivity index (χ1n) is 12.6. The first-order valence-corrected chi connectivity index (χ1v) is 12.6. The average molecular weight is 493 g/mol. The molecular formula is C29H28N6O2. The SMILES string of the molecule is CCOc1ccc2[nH]c(=O)c([C@H](c3nnnn3Cc3ccccc3)N3c4ccccc4C[C@H]3C)cc2c1. The monoisotopic (exact) mass is 492 g/mol. The van der Waals surface area contributed by atoms with Gasteiger partial charge in [-0.1, -0.05) is 48.5 Å². The predicted molar refractivity (Wildman–Crippen MR) is 143 cm³/mol. The van der Waals surface area contributed by atoms with Crippen LogP contribution in [0.4, 0.5) is 5.69 Å². The van der Waals surface area contributed by atoms with Crippen LogP contribution in [0.3, 0.4) is 0 Å². The van der Waals surface area contributed by atoms with Gasteiger partial charge in [-0.15, -0.1) is 5.10 Å². The summed E-state index contributed by atoms with van der Waals surface area (Å²) in [6, 6.07) is 25.8. The molecule has 186 valence electrons. The number of hydrogen-bond acceptors (Lipinski definition) is 6. The van der Waals surface area contributed by atoms with E-state index in [1.807, 2.05) is 67.6 Å². The smallest absolute Gasteiger partial charge is 0.254 e. The van der Waals surface area contributed by atoms with Gasteiger partial charge in [0.2, 0.25) is 0 Å². The van der Waals surface area contributed by atoms with Gasteiger partial charge in [-0.25, -0.2) is 4.68 Å². The number of ether oxygens (including phenoxy) is 1. The number of fused-ring (bicyclic) bond motifs is 2. The largest absolute Gasteiger partial charge is 0.494 e. The van der Waals surface area contributed by atoms with Gasteiger partial charge in [-0.2, -0.15) is 0 Å². The molecule has 0 saturated heterocycles. The lowest BCUT2D eigenvalue weighted by Gasteiger charge is -2.33. The standard InChI is InChI=1S/C29H28N6O2/c1-3-37-23-13-14-25-22(16-23)17-24(29(36)30-25)27(35-19(2)15-21-11-7-8-12-26(21)35)28-31-32-33-34(28)18-20-9-5-4-6-10-20/h4-14,16-17,19,27H,3,15,18H2,1-2H3,(H,30,36)/t19-,27-/m1/s1. The molecule has 3 heterocycles. The number of tetrazole rings is 1. The Kier molecular flexibility index (Phi) is 5.92. The normalized spacial score (nSPS) is 15.6. The second-order valence-corrected chi connectivity index (χ2v) is 9.41. The fourth-order valence-corrected chi connectivity index (χ4v) is 5.33. The van der Waals surface area contributed by atoms with Gasteiger partial charge >= 0.3 is 0 Å². The molecule has 1 aliphatic rings. The highest BCUT2D eigenvalue weighted by Gasteiger charge is 2.37. The Morgan fingerprint density at radius 3 is 2.70 bits per heavy atom. The highest BCUT2D eigenvalue weighted by atomic mass is 16.5. The van der Waals surface area contributed by atoms with Crippen LogP contribution in [0.1, 0.15) is 42.4 Å². The lowest BCUT2D eigenvalue weighted by molar-refractivity contribution is 0.340. The molecule has 8 nitrogen and oxygen atoms in total. The summed E-state index contributed by atoms with van der Waals surface area (Å²) in [5.41, 5.74) is 4.62. The molecule has 3 aromatic carbocycles. The number of aromatic amines is 1. The van der Waals surface area contributed by atoms with Crippen LogP contribution in [0.5, 0.6) is 5.75 Å². The molecule has 8 heteroatoms. The van der Waals surface area contributed by atoms with Crippen LogP contribution in [0.2, 0.25) is 0 Å². The zero-order valence-electron chi connectivity index (χ0n) is 20.8. The van der Waals surface area contributed by atoms with Crippen molar-refractivity contribution in [1.29, 1.82) is 0 Å². The van der Waals surface area contributed by atoms with E-state index in [0.717, 1.165) is 34.3 Å². The summed E-state index contributed by atoms with van der Waals surface area (Å²) < 4.78 is 7.53. The summed E-state index contributed by atoms with van der Waals surface area (Å²) in [5.74, 6) is 1.39. The van der Waals surface area contributed by atoms with Gasteiger partial charge in [-0.3, -0.25) is 4.79 Å². The highest BCUT2D eigenvalue weighted by molar-refractivity contribution is 5.81. The fourth-order valence-electron chi connectivity index (χ4n) is 5.33. The molecule has 0 amide bonds. The number of nitrogens with one attached hydrogen (secondary N) is 1. The molecule has 2 atom stereocenters. The Morgan fingerprint density at radius 2 is 1.86 bits per heavy atom. The van der Waals surface area contributed by atoms with Gasteiger partial charge in [0.25, 0.3) is 5.56 Å². The second kappa shape index (κ2) is 9.54. The van der Waals surface area contributed by atoms with Gasteiger partial charge < -0.3 is 14.6 Å². The van der Waals surface area contributed by atoms with Crippen molar-refractivity contribution in [2.24, 2.45) is 0 Å². The third-order valence-electron chi connectivity index (χ3n) is 6.97. The molecule has 0 radical (unpaired) electrons. The van der Waals surface area contributed by atoms with E-state index in [-0.39, 0.29) is 11.6 Å². The maximum atomic E-state index is 13.6. The minimum absolute atomic E-state index is 0.147. The van der Waals surface area contributed by atoms with E-state index in [4.69, 9.17) is 4.74 Å². The van der Waals surface area contributed by atoms with E-state index < -0.39 is 6.04 Å². The van der Waals surface area contributed by atoms with Crippen LogP contribution in [0, 0.1) is 0 Å². The van der Waals surface area contributed by atoms with Crippen LogP contribution in [0.25, 0.3) is 10.9 Å². The first-order chi connectivity index (χ1) is 18.1. The molecule has 0 fully saturated rings. The molecule has 0 bridgehead atoms. The van der Waals surface area contributed by atoms with E-state index in [0.29, 0.717) is 24.5 Å². The summed E-state index contributed by atoms with van der Waals surface area (Å²) in [7, 11) is 0. The van der Waals surface area contributed by atoms with Crippen LogP contribution in [-0.4, -0.2) is 37.8 Å². The Morgan fingerprint density at radius 1 is 1.05 bits per heavy atom. The van der Waals surface area contributed by atoms with Crippen molar-refractivity contribution in [3.8, 4) is 5.75 Å². The summed E-state index contributed by atoms with van der Waals surface area (Å²) in [4.78, 5) is 19.0. The Hall–Kier alpha value is -4.46. The van der Waals surface area contributed by atoms with Gasteiger partial charge in [0, 0.05) is 28.2 Å². The van der Waals surface area contributed by atoms with E-state index in [2.05, 4.69) is 50.5 Å². The fraction of sp³-hybridized carbons (Fsp3) is 0.241. The van der Waals surface area contributed by atoms with Crippen molar-refractivity contribution in [2.75, 3.05) is 11.5 Å². The molecule has 0 unspecified atom stereocenters. The van der Waals surface area contributed by atoms with Crippen molar-refractivity contribution in [3.05, 3.63) is 112 Å².